The predicted molar refractivity (Wildman–Crippen MR) is 240 cm³/mol. The lowest BCUT2D eigenvalue weighted by Gasteiger charge is -2.70. The first-order valence-electron chi connectivity index (χ1n) is 22.3. The van der Waals surface area contributed by atoms with Gasteiger partial charge in [-0.1, -0.05) is 31.3 Å². The third-order valence-corrected chi connectivity index (χ3v) is 15.6. The number of rotatable bonds is 16. The smallest absolute Gasteiger partial charge is 0.355 e. The van der Waals surface area contributed by atoms with E-state index in [9.17, 15) is 24.5 Å². The molecule has 5 aromatic rings. The van der Waals surface area contributed by atoms with Crippen LogP contribution in [0.5, 0.6) is 0 Å². The summed E-state index contributed by atoms with van der Waals surface area (Å²) in [6.07, 6.45) is 13.2. The molecule has 3 atom stereocenters. The van der Waals surface area contributed by atoms with Crippen LogP contribution in [-0.4, -0.2) is 95.0 Å². The maximum Gasteiger partial charge on any atom is 0.355 e. The number of carboxylic acids is 1. The highest BCUT2D eigenvalue weighted by atomic mass is 32.1. The SMILES string of the molecule is Cc1c(Nc2nc3cccc(F)c3s2)nnc2c1CCCN2c1ccc(-c2cnn(CC34CC5(C)CC(C)(CC(CC(C)N(CCCO)CCCO)(C5)C3)C4)c2C)c(C(=O)O)n1. The number of aromatic carboxylic acids is 1. The lowest BCUT2D eigenvalue weighted by molar-refractivity contribution is -0.201. The number of anilines is 4. The number of hydrogen-bond donors (Lipinski definition) is 4. The second kappa shape index (κ2) is 16.2. The Morgan fingerprint density at radius 2 is 1.68 bits per heavy atom. The van der Waals surface area contributed by atoms with Gasteiger partial charge in [-0.3, -0.25) is 4.68 Å². The summed E-state index contributed by atoms with van der Waals surface area (Å²) in [7, 11) is 0. The summed E-state index contributed by atoms with van der Waals surface area (Å²) >= 11 is 1.23. The average Bonchev–Trinajstić information content (AvgIpc) is 3.79. The van der Waals surface area contributed by atoms with E-state index in [0.29, 0.717) is 51.0 Å². The summed E-state index contributed by atoms with van der Waals surface area (Å²) in [5.74, 6) is 0.262. The Morgan fingerprint density at radius 1 is 0.952 bits per heavy atom. The van der Waals surface area contributed by atoms with Gasteiger partial charge in [0.05, 0.1) is 16.4 Å². The first-order chi connectivity index (χ1) is 29.6. The van der Waals surface area contributed by atoms with Gasteiger partial charge in [0.1, 0.15) is 11.6 Å². The van der Waals surface area contributed by atoms with Crippen molar-refractivity contribution < 1.29 is 24.5 Å². The normalized spacial score (nSPS) is 25.8. The van der Waals surface area contributed by atoms with Crippen molar-refractivity contribution in [2.75, 3.05) is 43.1 Å². The molecule has 62 heavy (non-hydrogen) atoms. The number of fused-ring (bicyclic) bond motifs is 2. The van der Waals surface area contributed by atoms with Gasteiger partial charge in [-0.05, 0) is 137 Å². The topological polar surface area (TPSA) is 166 Å². The molecule has 0 saturated heterocycles. The number of pyridine rings is 1. The summed E-state index contributed by atoms with van der Waals surface area (Å²) in [4.78, 5) is 26.8. The lowest BCUT2D eigenvalue weighted by Crippen LogP contribution is -2.61. The van der Waals surface area contributed by atoms with Crippen LogP contribution in [0.15, 0.2) is 36.5 Å². The monoisotopic (exact) mass is 865 g/mol. The number of carbonyl (C=O) groups is 1. The van der Waals surface area contributed by atoms with Crippen LogP contribution < -0.4 is 10.2 Å². The van der Waals surface area contributed by atoms with Gasteiger partial charge < -0.3 is 30.4 Å². The average molecular weight is 866 g/mol. The molecular weight excluding hydrogens is 806 g/mol. The van der Waals surface area contributed by atoms with E-state index >= 15 is 0 Å². The van der Waals surface area contributed by atoms with Crippen LogP contribution >= 0.6 is 11.3 Å². The number of aromatic nitrogens is 6. The number of nitrogens with one attached hydrogen (secondary N) is 1. The molecule has 15 heteroatoms. The molecule has 5 heterocycles. The number of carboxylic acid groups (broad SMARTS) is 1. The molecular formula is C47H60FN9O4S. The van der Waals surface area contributed by atoms with Crippen molar-refractivity contribution >= 4 is 50.1 Å². The number of aliphatic hydroxyl groups is 2. The Balaban J connectivity index is 0.968. The van der Waals surface area contributed by atoms with Crippen LogP contribution in [0.3, 0.4) is 0 Å². The van der Waals surface area contributed by atoms with E-state index in [1.54, 1.807) is 12.1 Å². The number of nitrogens with zero attached hydrogens (tertiary/aromatic N) is 8. The van der Waals surface area contributed by atoms with Gasteiger partial charge >= 0.3 is 5.97 Å². The van der Waals surface area contributed by atoms with Crippen molar-refractivity contribution in [2.24, 2.45) is 21.7 Å². The number of benzene rings is 1. The Kier molecular flexibility index (Phi) is 11.2. The Morgan fingerprint density at radius 3 is 2.37 bits per heavy atom. The van der Waals surface area contributed by atoms with Crippen molar-refractivity contribution in [3.63, 3.8) is 0 Å². The molecule has 1 aromatic carbocycles. The predicted octanol–water partition coefficient (Wildman–Crippen LogP) is 8.84. The fraction of sp³-hybridized carbons (Fsp3) is 0.574. The summed E-state index contributed by atoms with van der Waals surface area (Å²) in [5.41, 5.74) is 5.47. The van der Waals surface area contributed by atoms with E-state index in [2.05, 4.69) is 57.8 Å². The fourth-order valence-electron chi connectivity index (χ4n) is 13.6. The Bertz CT molecular complexity index is 2480. The number of hydrogen-bond acceptors (Lipinski definition) is 12. The quantitative estimate of drug-likeness (QED) is 0.0746. The van der Waals surface area contributed by atoms with Gasteiger partial charge in [0.2, 0.25) is 0 Å². The highest BCUT2D eigenvalue weighted by Gasteiger charge is 2.65. The summed E-state index contributed by atoms with van der Waals surface area (Å²) in [6.45, 7) is 14.8. The summed E-state index contributed by atoms with van der Waals surface area (Å²) in [5, 5.41) is 47.8. The molecule has 0 radical (unpaired) electrons. The first-order valence-corrected chi connectivity index (χ1v) is 23.1. The molecule has 1 aliphatic heterocycles. The van der Waals surface area contributed by atoms with Crippen LogP contribution in [-0.2, 0) is 13.0 Å². The molecule has 4 N–H and O–H groups in total. The van der Waals surface area contributed by atoms with Gasteiger partial charge in [-0.25, -0.2) is 19.2 Å². The molecule has 0 spiro atoms. The van der Waals surface area contributed by atoms with E-state index in [1.165, 1.54) is 36.7 Å². The highest BCUT2D eigenvalue weighted by molar-refractivity contribution is 7.22. The van der Waals surface area contributed by atoms with Crippen molar-refractivity contribution in [1.29, 1.82) is 0 Å². The summed E-state index contributed by atoms with van der Waals surface area (Å²) < 4.78 is 17.0. The number of thiazole rings is 1. The molecule has 4 bridgehead atoms. The fourth-order valence-corrected chi connectivity index (χ4v) is 14.5. The minimum Gasteiger partial charge on any atom is -0.476 e. The summed E-state index contributed by atoms with van der Waals surface area (Å²) in [6, 6.07) is 8.94. The van der Waals surface area contributed by atoms with Crippen LogP contribution in [0.1, 0.15) is 112 Å². The number of halogens is 1. The number of aliphatic hydroxyl groups excluding tert-OH is 2. The Labute approximate surface area is 366 Å². The Hall–Kier alpha value is -4.57. The molecule has 0 amide bonds. The van der Waals surface area contributed by atoms with Crippen LogP contribution in [0.2, 0.25) is 0 Å². The first kappa shape index (κ1) is 42.7. The van der Waals surface area contributed by atoms with E-state index in [4.69, 9.17) is 10.1 Å². The van der Waals surface area contributed by atoms with Crippen molar-refractivity contribution in [1.82, 2.24) is 34.8 Å². The molecule has 5 aliphatic rings. The second-order valence-corrected chi connectivity index (χ2v) is 21.1. The molecule has 4 fully saturated rings. The largest absolute Gasteiger partial charge is 0.476 e. The standard InChI is InChI=1S/C47H60FN9O4S/c1-29(55(15-8-18-58)16-9-19-59)20-46-23-44(4)22-45(5,24-46)26-47(25-44,27-46)28-57-31(3)34(21-49-57)33-13-14-37(51-38(33)42(60)61)56-17-7-10-32-30(2)40(53-54-41(32)56)52-43-50-36-12-6-11-35(48)39(36)62-43/h6,11-14,21,29,58-59H,7-10,15-20,22-28H2,1-5H3,(H,60,61)(H,50,52,53). The van der Waals surface area contributed by atoms with Gasteiger partial charge in [-0.15, -0.1) is 10.2 Å². The van der Waals surface area contributed by atoms with E-state index in [1.807, 2.05) is 30.2 Å². The molecule has 3 unspecified atom stereocenters. The molecule has 4 aliphatic carbocycles. The van der Waals surface area contributed by atoms with E-state index < -0.39 is 5.97 Å². The zero-order valence-electron chi connectivity index (χ0n) is 36.7. The lowest BCUT2D eigenvalue weighted by atomic mass is 9.35. The molecule has 4 aromatic heterocycles. The van der Waals surface area contributed by atoms with Crippen molar-refractivity contribution in [2.45, 2.75) is 118 Å². The third kappa shape index (κ3) is 7.87. The minimum atomic E-state index is -1.11. The van der Waals surface area contributed by atoms with Gasteiger partial charge in [0, 0.05) is 73.4 Å². The van der Waals surface area contributed by atoms with Gasteiger partial charge in [0.15, 0.2) is 22.5 Å². The van der Waals surface area contributed by atoms with E-state index in [-0.39, 0.29) is 46.4 Å². The maximum atomic E-state index is 14.4. The van der Waals surface area contributed by atoms with Crippen molar-refractivity contribution in [3.8, 4) is 11.1 Å². The zero-order valence-corrected chi connectivity index (χ0v) is 37.5. The molecule has 330 valence electrons. The zero-order chi connectivity index (χ0) is 43.6. The third-order valence-electron chi connectivity index (χ3n) is 14.6. The second-order valence-electron chi connectivity index (χ2n) is 20.1. The highest BCUT2D eigenvalue weighted by Crippen LogP contribution is 2.75. The molecule has 13 nitrogen and oxygen atoms in total. The van der Waals surface area contributed by atoms with Crippen LogP contribution in [0.4, 0.5) is 27.0 Å². The van der Waals surface area contributed by atoms with Crippen LogP contribution in [0, 0.1) is 41.3 Å². The van der Waals surface area contributed by atoms with Gasteiger partial charge in [-0.2, -0.15) is 5.10 Å². The minimum absolute atomic E-state index is 0.0296. The van der Waals surface area contributed by atoms with Crippen LogP contribution in [0.25, 0.3) is 21.3 Å². The van der Waals surface area contributed by atoms with Crippen molar-refractivity contribution in [3.05, 3.63) is 64.9 Å². The van der Waals surface area contributed by atoms with Gasteiger partial charge in [0.25, 0.3) is 0 Å². The molecule has 4 saturated carbocycles. The van der Waals surface area contributed by atoms with E-state index in [0.717, 1.165) is 93.4 Å². The maximum absolute atomic E-state index is 14.4. The molecule has 10 rings (SSSR count).